The Balaban J connectivity index is 1.98. The van der Waals surface area contributed by atoms with Crippen molar-refractivity contribution in [2.75, 3.05) is 31.1 Å². The second-order valence-electron chi connectivity index (χ2n) is 5.19. The van der Waals surface area contributed by atoms with Gasteiger partial charge in [0.15, 0.2) is 5.75 Å². The van der Waals surface area contributed by atoms with E-state index in [0.717, 1.165) is 6.07 Å². The van der Waals surface area contributed by atoms with Gasteiger partial charge in [-0.3, -0.25) is 24.5 Å². The van der Waals surface area contributed by atoms with Crippen molar-refractivity contribution in [2.24, 2.45) is 0 Å². The third-order valence-electron chi connectivity index (χ3n) is 3.26. The summed E-state index contributed by atoms with van der Waals surface area (Å²) in [7, 11) is 0. The van der Waals surface area contributed by atoms with Crippen LogP contribution in [0.25, 0.3) is 0 Å². The van der Waals surface area contributed by atoms with Gasteiger partial charge in [0, 0.05) is 6.07 Å². The zero-order valence-electron chi connectivity index (χ0n) is 13.3. The van der Waals surface area contributed by atoms with Crippen LogP contribution in [0.2, 0.25) is 0 Å². The number of carboxylic acid groups (broad SMARTS) is 1. The van der Waals surface area contributed by atoms with E-state index in [1.54, 1.807) is 0 Å². The predicted octanol–water partition coefficient (Wildman–Crippen LogP) is -1.36. The summed E-state index contributed by atoms with van der Waals surface area (Å²) in [6, 6.07) is 3.64. The largest absolute Gasteiger partial charge is 0.480 e. The molecule has 1 aromatic carbocycles. The molecule has 3 N–H and O–H groups in total. The molecule has 0 spiro atoms. The molecule has 26 heavy (non-hydrogen) atoms. The SMILES string of the molecule is O=C(O)CNC(=O)CNC(=O)CN1CC(=O)Oc2cc([N+](=O)[O-])ccc21. The van der Waals surface area contributed by atoms with Crippen LogP contribution >= 0.6 is 0 Å². The molecule has 138 valence electrons. The lowest BCUT2D eigenvalue weighted by Gasteiger charge is -2.28. The molecule has 0 unspecified atom stereocenters. The first-order valence-electron chi connectivity index (χ1n) is 7.25. The zero-order chi connectivity index (χ0) is 19.3. The Morgan fingerprint density at radius 2 is 1.92 bits per heavy atom. The topological polar surface area (TPSA) is 168 Å². The fraction of sp³-hybridized carbons (Fsp3) is 0.286. The fourth-order valence-electron chi connectivity index (χ4n) is 2.14. The minimum Gasteiger partial charge on any atom is -0.480 e. The number of nitro groups is 1. The lowest BCUT2D eigenvalue weighted by molar-refractivity contribution is -0.384. The number of anilines is 1. The van der Waals surface area contributed by atoms with Gasteiger partial charge in [-0.2, -0.15) is 0 Å². The van der Waals surface area contributed by atoms with Crippen LogP contribution in [0.3, 0.4) is 0 Å². The fourth-order valence-corrected chi connectivity index (χ4v) is 2.14. The summed E-state index contributed by atoms with van der Waals surface area (Å²) in [5.74, 6) is -3.24. The Morgan fingerprint density at radius 1 is 1.23 bits per heavy atom. The number of esters is 1. The van der Waals surface area contributed by atoms with Gasteiger partial charge in [0.25, 0.3) is 5.69 Å². The third-order valence-corrected chi connectivity index (χ3v) is 3.26. The Kier molecular flexibility index (Phi) is 5.67. The number of nitro benzene ring substituents is 1. The number of aliphatic carboxylic acids is 1. The molecule has 12 heteroatoms. The molecule has 0 aliphatic carbocycles. The van der Waals surface area contributed by atoms with Crippen LogP contribution in [0.5, 0.6) is 5.75 Å². The number of carbonyl (C=O) groups excluding carboxylic acids is 3. The van der Waals surface area contributed by atoms with Crippen LogP contribution in [0.1, 0.15) is 0 Å². The van der Waals surface area contributed by atoms with Crippen LogP contribution in [0.4, 0.5) is 11.4 Å². The van der Waals surface area contributed by atoms with E-state index in [1.165, 1.54) is 17.0 Å². The smallest absolute Gasteiger partial charge is 0.331 e. The van der Waals surface area contributed by atoms with Gasteiger partial charge in [-0.05, 0) is 6.07 Å². The van der Waals surface area contributed by atoms with E-state index in [9.17, 15) is 29.3 Å². The van der Waals surface area contributed by atoms with Gasteiger partial charge in [0.05, 0.1) is 29.8 Å². The maximum absolute atomic E-state index is 11.9. The summed E-state index contributed by atoms with van der Waals surface area (Å²) in [4.78, 5) is 56.7. The molecule has 0 saturated heterocycles. The first kappa shape index (κ1) is 18.6. The lowest BCUT2D eigenvalue weighted by Crippen LogP contribution is -2.46. The molecule has 0 saturated carbocycles. The number of non-ortho nitro benzene ring substituents is 1. The standard InChI is InChI=1S/C14H14N4O8/c19-11(16-5-13(21)22)4-15-12(20)6-17-7-14(23)26-10-3-8(18(24)25)1-2-9(10)17/h1-3H,4-7H2,(H,15,20)(H,16,19)(H,21,22). The van der Waals surface area contributed by atoms with Crippen molar-refractivity contribution in [3.05, 3.63) is 28.3 Å². The van der Waals surface area contributed by atoms with Crippen molar-refractivity contribution in [3.63, 3.8) is 0 Å². The van der Waals surface area contributed by atoms with Gasteiger partial charge in [0.2, 0.25) is 11.8 Å². The summed E-state index contributed by atoms with van der Waals surface area (Å²) in [6.07, 6.45) is 0. The highest BCUT2D eigenvalue weighted by molar-refractivity contribution is 5.91. The van der Waals surface area contributed by atoms with E-state index in [0.29, 0.717) is 5.69 Å². The van der Waals surface area contributed by atoms with Crippen molar-refractivity contribution in [1.29, 1.82) is 0 Å². The van der Waals surface area contributed by atoms with E-state index in [-0.39, 0.29) is 24.5 Å². The number of hydrogen-bond donors (Lipinski definition) is 3. The molecule has 2 rings (SSSR count). The van der Waals surface area contributed by atoms with Crippen LogP contribution in [0.15, 0.2) is 18.2 Å². The Hall–Kier alpha value is -3.70. The number of nitrogens with one attached hydrogen (secondary N) is 2. The Bertz CT molecular complexity index is 778. The summed E-state index contributed by atoms with van der Waals surface area (Å²) < 4.78 is 4.95. The number of rotatable bonds is 7. The van der Waals surface area contributed by atoms with Crippen LogP contribution < -0.4 is 20.3 Å². The number of benzene rings is 1. The van der Waals surface area contributed by atoms with E-state index in [2.05, 4.69) is 10.6 Å². The molecular weight excluding hydrogens is 352 g/mol. The molecule has 0 bridgehead atoms. The van der Waals surface area contributed by atoms with Crippen molar-refractivity contribution < 1.29 is 33.9 Å². The Morgan fingerprint density at radius 3 is 2.58 bits per heavy atom. The van der Waals surface area contributed by atoms with Crippen LogP contribution in [-0.4, -0.2) is 60.0 Å². The van der Waals surface area contributed by atoms with Crippen molar-refractivity contribution in [2.45, 2.75) is 0 Å². The van der Waals surface area contributed by atoms with E-state index < -0.39 is 41.8 Å². The molecule has 0 atom stereocenters. The summed E-state index contributed by atoms with van der Waals surface area (Å²) in [6.45, 7) is -1.55. The summed E-state index contributed by atoms with van der Waals surface area (Å²) in [5.41, 5.74) is 0.0543. The number of amides is 2. The second-order valence-corrected chi connectivity index (χ2v) is 5.19. The number of nitrogens with zero attached hydrogens (tertiary/aromatic N) is 2. The monoisotopic (exact) mass is 366 g/mol. The highest BCUT2D eigenvalue weighted by Crippen LogP contribution is 2.34. The number of fused-ring (bicyclic) bond motifs is 1. The Labute approximate surface area is 145 Å². The number of carboxylic acids is 1. The predicted molar refractivity (Wildman–Crippen MR) is 84.6 cm³/mol. The number of carbonyl (C=O) groups is 4. The third kappa shape index (κ3) is 4.90. The number of ether oxygens (including phenoxy) is 1. The molecular formula is C14H14N4O8. The first-order valence-corrected chi connectivity index (χ1v) is 7.25. The van der Waals surface area contributed by atoms with Crippen molar-refractivity contribution in [3.8, 4) is 5.75 Å². The maximum Gasteiger partial charge on any atom is 0.331 e. The molecule has 12 nitrogen and oxygen atoms in total. The second kappa shape index (κ2) is 7.92. The lowest BCUT2D eigenvalue weighted by atomic mass is 10.2. The molecule has 0 fully saturated rings. The highest BCUT2D eigenvalue weighted by atomic mass is 16.6. The molecule has 0 aromatic heterocycles. The quantitative estimate of drug-likeness (QED) is 0.228. The first-order chi connectivity index (χ1) is 12.3. The normalized spacial score (nSPS) is 12.6. The van der Waals surface area contributed by atoms with Gasteiger partial charge >= 0.3 is 11.9 Å². The molecule has 1 aromatic rings. The van der Waals surface area contributed by atoms with E-state index in [1.807, 2.05) is 0 Å². The maximum atomic E-state index is 11.9. The van der Waals surface area contributed by atoms with Gasteiger partial charge < -0.3 is 25.4 Å². The molecule has 1 heterocycles. The van der Waals surface area contributed by atoms with E-state index in [4.69, 9.17) is 9.84 Å². The van der Waals surface area contributed by atoms with Gasteiger partial charge in [-0.25, -0.2) is 4.79 Å². The summed E-state index contributed by atoms with van der Waals surface area (Å²) in [5, 5.41) is 23.6. The molecule has 0 radical (unpaired) electrons. The number of hydrogen-bond acceptors (Lipinski definition) is 8. The van der Waals surface area contributed by atoms with Crippen LogP contribution in [-0.2, 0) is 19.2 Å². The van der Waals surface area contributed by atoms with Gasteiger partial charge in [-0.15, -0.1) is 0 Å². The van der Waals surface area contributed by atoms with Crippen molar-refractivity contribution >= 4 is 35.1 Å². The summed E-state index contributed by atoms with van der Waals surface area (Å²) >= 11 is 0. The molecule has 1 aliphatic rings. The minimum atomic E-state index is -1.22. The van der Waals surface area contributed by atoms with Crippen molar-refractivity contribution in [1.82, 2.24) is 10.6 Å². The van der Waals surface area contributed by atoms with Crippen LogP contribution in [0, 0.1) is 10.1 Å². The van der Waals surface area contributed by atoms with Gasteiger partial charge in [-0.1, -0.05) is 0 Å². The average molecular weight is 366 g/mol. The van der Waals surface area contributed by atoms with E-state index >= 15 is 0 Å². The molecule has 1 aliphatic heterocycles. The average Bonchev–Trinajstić information content (AvgIpc) is 2.57. The molecule has 2 amide bonds. The zero-order valence-corrected chi connectivity index (χ0v) is 13.3. The minimum absolute atomic E-state index is 0.0394. The highest BCUT2D eigenvalue weighted by Gasteiger charge is 2.27. The van der Waals surface area contributed by atoms with Gasteiger partial charge in [0.1, 0.15) is 13.1 Å².